The Morgan fingerprint density at radius 3 is 2.82 bits per heavy atom. The highest BCUT2D eigenvalue weighted by Crippen LogP contribution is 2.46. The van der Waals surface area contributed by atoms with Gasteiger partial charge in [0.25, 0.3) is 0 Å². The molecule has 0 spiro atoms. The molecule has 92 valence electrons. The quantitative estimate of drug-likeness (QED) is 0.860. The summed E-state index contributed by atoms with van der Waals surface area (Å²) in [6.07, 6.45) is 5.97. The molecule has 2 bridgehead atoms. The van der Waals surface area contributed by atoms with E-state index in [1.165, 1.54) is 31.2 Å². The van der Waals surface area contributed by atoms with E-state index in [0.29, 0.717) is 6.10 Å². The summed E-state index contributed by atoms with van der Waals surface area (Å²) in [4.78, 5) is 0. The minimum absolute atomic E-state index is 0.478. The maximum atomic E-state index is 6.25. The molecule has 2 aliphatic carbocycles. The van der Waals surface area contributed by atoms with Gasteiger partial charge in [-0.1, -0.05) is 18.2 Å². The summed E-state index contributed by atoms with van der Waals surface area (Å²) in [5.74, 6) is 2.85. The van der Waals surface area contributed by atoms with Gasteiger partial charge in [-0.3, -0.25) is 0 Å². The SMILES string of the molecule is CNCc1ccccc1OC1CC2CCC1C2. The molecule has 1 N–H and O–H groups in total. The zero-order valence-electron chi connectivity index (χ0n) is 10.5. The Balaban J connectivity index is 1.72. The zero-order valence-corrected chi connectivity index (χ0v) is 10.5. The van der Waals surface area contributed by atoms with Crippen molar-refractivity contribution in [1.29, 1.82) is 0 Å². The van der Waals surface area contributed by atoms with Crippen LogP contribution in [0.15, 0.2) is 24.3 Å². The van der Waals surface area contributed by atoms with Gasteiger partial charge in [-0.25, -0.2) is 0 Å². The normalized spacial score (nSPS) is 30.8. The van der Waals surface area contributed by atoms with Crippen LogP contribution in [0.2, 0.25) is 0 Å². The molecule has 0 aliphatic heterocycles. The van der Waals surface area contributed by atoms with Crippen LogP contribution in [0.3, 0.4) is 0 Å². The van der Waals surface area contributed by atoms with Crippen molar-refractivity contribution in [1.82, 2.24) is 5.32 Å². The molecule has 3 rings (SSSR count). The Hall–Kier alpha value is -1.02. The summed E-state index contributed by atoms with van der Waals surface area (Å²) in [7, 11) is 1.98. The molecule has 0 heterocycles. The van der Waals surface area contributed by atoms with Crippen LogP contribution in [0.5, 0.6) is 5.75 Å². The lowest BCUT2D eigenvalue weighted by molar-refractivity contribution is 0.137. The lowest BCUT2D eigenvalue weighted by atomic mass is 9.97. The summed E-state index contributed by atoms with van der Waals surface area (Å²) < 4.78 is 6.25. The summed E-state index contributed by atoms with van der Waals surface area (Å²) in [5.41, 5.74) is 1.28. The van der Waals surface area contributed by atoms with E-state index in [1.54, 1.807) is 0 Å². The first-order chi connectivity index (χ1) is 8.36. The second-order valence-electron chi connectivity index (χ2n) is 5.47. The fraction of sp³-hybridized carbons (Fsp3) is 0.600. The van der Waals surface area contributed by atoms with Gasteiger partial charge < -0.3 is 10.1 Å². The predicted octanol–water partition coefficient (Wildman–Crippen LogP) is 2.97. The molecule has 2 nitrogen and oxygen atoms in total. The van der Waals surface area contributed by atoms with E-state index in [2.05, 4.69) is 29.6 Å². The average Bonchev–Trinajstić information content (AvgIpc) is 2.94. The summed E-state index contributed by atoms with van der Waals surface area (Å²) in [6.45, 7) is 0.886. The number of hydrogen-bond donors (Lipinski definition) is 1. The number of para-hydroxylation sites is 1. The number of nitrogens with one attached hydrogen (secondary N) is 1. The molecule has 3 unspecified atom stereocenters. The second kappa shape index (κ2) is 4.69. The zero-order chi connectivity index (χ0) is 11.7. The number of fused-ring (bicyclic) bond motifs is 2. The Morgan fingerprint density at radius 1 is 1.24 bits per heavy atom. The van der Waals surface area contributed by atoms with Crippen LogP contribution in [0.1, 0.15) is 31.2 Å². The first kappa shape index (κ1) is 11.1. The molecule has 0 saturated heterocycles. The van der Waals surface area contributed by atoms with E-state index < -0.39 is 0 Å². The molecular weight excluding hydrogens is 210 g/mol. The van der Waals surface area contributed by atoms with Crippen LogP contribution in [0.4, 0.5) is 0 Å². The molecule has 0 radical (unpaired) electrons. The lowest BCUT2D eigenvalue weighted by Gasteiger charge is -2.24. The van der Waals surface area contributed by atoms with Gasteiger partial charge in [0.05, 0.1) is 0 Å². The molecule has 2 heteroatoms. The lowest BCUT2D eigenvalue weighted by Crippen LogP contribution is -2.24. The minimum atomic E-state index is 0.478. The summed E-state index contributed by atoms with van der Waals surface area (Å²) in [5, 5.41) is 3.20. The van der Waals surface area contributed by atoms with Crippen molar-refractivity contribution < 1.29 is 4.74 Å². The van der Waals surface area contributed by atoms with Gasteiger partial charge in [-0.05, 0) is 50.6 Å². The number of hydrogen-bond acceptors (Lipinski definition) is 2. The monoisotopic (exact) mass is 231 g/mol. The predicted molar refractivity (Wildman–Crippen MR) is 69.1 cm³/mol. The Bertz CT molecular complexity index is 390. The van der Waals surface area contributed by atoms with Crippen LogP contribution in [0.25, 0.3) is 0 Å². The maximum absolute atomic E-state index is 6.25. The van der Waals surface area contributed by atoms with Gasteiger partial charge in [-0.2, -0.15) is 0 Å². The molecule has 0 aromatic heterocycles. The van der Waals surface area contributed by atoms with Crippen LogP contribution in [0, 0.1) is 11.8 Å². The molecule has 1 aromatic rings. The molecule has 1 aromatic carbocycles. The third kappa shape index (κ3) is 2.19. The van der Waals surface area contributed by atoms with Crippen molar-refractivity contribution in [2.45, 2.75) is 38.3 Å². The first-order valence-electron chi connectivity index (χ1n) is 6.76. The standard InChI is InChI=1S/C15H21NO/c1-16-10-13-4-2-3-5-14(13)17-15-9-11-6-7-12(15)8-11/h2-5,11-12,15-16H,6-10H2,1H3. The largest absolute Gasteiger partial charge is 0.490 e. The first-order valence-corrected chi connectivity index (χ1v) is 6.76. The Morgan fingerprint density at radius 2 is 2.12 bits per heavy atom. The van der Waals surface area contributed by atoms with Gasteiger partial charge in [0, 0.05) is 12.1 Å². The number of ether oxygens (including phenoxy) is 1. The van der Waals surface area contributed by atoms with Crippen molar-refractivity contribution in [3.05, 3.63) is 29.8 Å². The fourth-order valence-electron chi connectivity index (χ4n) is 3.45. The number of benzene rings is 1. The molecule has 3 atom stereocenters. The minimum Gasteiger partial charge on any atom is -0.490 e. The summed E-state index contributed by atoms with van der Waals surface area (Å²) >= 11 is 0. The third-order valence-electron chi connectivity index (χ3n) is 4.29. The van der Waals surface area contributed by atoms with E-state index in [-0.39, 0.29) is 0 Å². The second-order valence-corrected chi connectivity index (χ2v) is 5.47. The molecule has 17 heavy (non-hydrogen) atoms. The molecule has 2 aliphatic rings. The Labute approximate surface area is 103 Å². The van der Waals surface area contributed by atoms with E-state index in [9.17, 15) is 0 Å². The van der Waals surface area contributed by atoms with Crippen LogP contribution < -0.4 is 10.1 Å². The fourth-order valence-corrected chi connectivity index (χ4v) is 3.45. The average molecular weight is 231 g/mol. The van der Waals surface area contributed by atoms with Crippen LogP contribution >= 0.6 is 0 Å². The van der Waals surface area contributed by atoms with E-state index >= 15 is 0 Å². The molecular formula is C15H21NO. The highest BCUT2D eigenvalue weighted by molar-refractivity contribution is 5.33. The van der Waals surface area contributed by atoms with Crippen molar-refractivity contribution in [2.24, 2.45) is 11.8 Å². The van der Waals surface area contributed by atoms with Crippen molar-refractivity contribution in [3.63, 3.8) is 0 Å². The van der Waals surface area contributed by atoms with Gasteiger partial charge in [0.1, 0.15) is 11.9 Å². The summed E-state index contributed by atoms with van der Waals surface area (Å²) in [6, 6.07) is 8.42. The van der Waals surface area contributed by atoms with E-state index in [4.69, 9.17) is 4.74 Å². The van der Waals surface area contributed by atoms with Crippen LogP contribution in [-0.4, -0.2) is 13.2 Å². The third-order valence-corrected chi connectivity index (χ3v) is 4.29. The van der Waals surface area contributed by atoms with Gasteiger partial charge in [0.15, 0.2) is 0 Å². The molecule has 0 amide bonds. The van der Waals surface area contributed by atoms with E-state index in [0.717, 1.165) is 24.1 Å². The molecule has 2 saturated carbocycles. The smallest absolute Gasteiger partial charge is 0.124 e. The van der Waals surface area contributed by atoms with Gasteiger partial charge in [0.2, 0.25) is 0 Å². The number of rotatable bonds is 4. The van der Waals surface area contributed by atoms with Crippen molar-refractivity contribution >= 4 is 0 Å². The molecule has 2 fully saturated rings. The topological polar surface area (TPSA) is 21.3 Å². The van der Waals surface area contributed by atoms with E-state index in [1.807, 2.05) is 7.05 Å². The highest BCUT2D eigenvalue weighted by Gasteiger charge is 2.41. The van der Waals surface area contributed by atoms with Gasteiger partial charge in [-0.15, -0.1) is 0 Å². The maximum Gasteiger partial charge on any atom is 0.124 e. The van der Waals surface area contributed by atoms with Gasteiger partial charge >= 0.3 is 0 Å². The highest BCUT2D eigenvalue weighted by atomic mass is 16.5. The van der Waals surface area contributed by atoms with Crippen molar-refractivity contribution in [3.8, 4) is 5.75 Å². The Kier molecular flexibility index (Phi) is 3.06. The van der Waals surface area contributed by atoms with Crippen LogP contribution in [-0.2, 0) is 6.54 Å². The van der Waals surface area contributed by atoms with Crippen molar-refractivity contribution in [2.75, 3.05) is 7.05 Å².